The van der Waals surface area contributed by atoms with Gasteiger partial charge in [0.15, 0.2) is 0 Å². The minimum absolute atomic E-state index is 0.125. The van der Waals surface area contributed by atoms with Crippen LogP contribution in [0.1, 0.15) is 0 Å². The normalized spacial score (nSPS) is 31.3. The van der Waals surface area contributed by atoms with Crippen molar-refractivity contribution in [3.63, 3.8) is 0 Å². The van der Waals surface area contributed by atoms with Crippen LogP contribution in [0.4, 0.5) is 0 Å². The zero-order valence-corrected chi connectivity index (χ0v) is 3.92. The fourth-order valence-electron chi connectivity index (χ4n) is 0.462. The highest BCUT2D eigenvalue weighted by atomic mass is 16.5. The molecule has 1 aliphatic heterocycles. The highest BCUT2D eigenvalue weighted by molar-refractivity contribution is 4.72. The lowest BCUT2D eigenvalue weighted by molar-refractivity contribution is 0.210. The summed E-state index contributed by atoms with van der Waals surface area (Å²) in [4.78, 5) is 0. The maximum atomic E-state index is 8.40. The molecule has 1 aliphatic rings. The molecule has 1 unspecified atom stereocenters. The SMILES string of the molecule is OCC1CO[CH]N1. The van der Waals surface area contributed by atoms with E-state index in [1.807, 2.05) is 0 Å². The first-order chi connectivity index (χ1) is 3.43. The van der Waals surface area contributed by atoms with Gasteiger partial charge in [-0.15, -0.1) is 0 Å². The van der Waals surface area contributed by atoms with Crippen molar-refractivity contribution in [2.45, 2.75) is 6.04 Å². The van der Waals surface area contributed by atoms with E-state index in [-0.39, 0.29) is 12.6 Å². The van der Waals surface area contributed by atoms with Crippen LogP contribution < -0.4 is 5.32 Å². The van der Waals surface area contributed by atoms with Crippen molar-refractivity contribution in [2.24, 2.45) is 0 Å². The van der Waals surface area contributed by atoms with Crippen LogP contribution in [0.2, 0.25) is 0 Å². The van der Waals surface area contributed by atoms with Crippen molar-refractivity contribution in [2.75, 3.05) is 13.2 Å². The fourth-order valence-corrected chi connectivity index (χ4v) is 0.462. The number of hydrogen-bond donors (Lipinski definition) is 2. The number of hydrogen-bond acceptors (Lipinski definition) is 3. The van der Waals surface area contributed by atoms with Crippen molar-refractivity contribution < 1.29 is 9.84 Å². The van der Waals surface area contributed by atoms with Gasteiger partial charge < -0.3 is 9.84 Å². The Labute approximate surface area is 42.3 Å². The summed E-state index contributed by atoms with van der Waals surface area (Å²) < 4.78 is 4.75. The van der Waals surface area contributed by atoms with E-state index < -0.39 is 0 Å². The molecule has 1 atom stereocenters. The molecule has 0 saturated carbocycles. The number of aliphatic hydroxyl groups excluding tert-OH is 1. The van der Waals surface area contributed by atoms with Gasteiger partial charge in [0.1, 0.15) is 6.73 Å². The highest BCUT2D eigenvalue weighted by Crippen LogP contribution is 1.94. The first-order valence-corrected chi connectivity index (χ1v) is 2.23. The molecule has 3 nitrogen and oxygen atoms in total. The zero-order chi connectivity index (χ0) is 5.11. The Morgan fingerprint density at radius 2 is 2.86 bits per heavy atom. The van der Waals surface area contributed by atoms with E-state index in [9.17, 15) is 0 Å². The van der Waals surface area contributed by atoms with Gasteiger partial charge in [-0.3, -0.25) is 5.32 Å². The molecule has 0 aromatic rings. The first kappa shape index (κ1) is 5.03. The van der Waals surface area contributed by atoms with E-state index in [0.717, 1.165) is 0 Å². The van der Waals surface area contributed by atoms with Gasteiger partial charge in [-0.1, -0.05) is 0 Å². The molecule has 1 saturated heterocycles. The van der Waals surface area contributed by atoms with Crippen LogP contribution in [-0.2, 0) is 4.74 Å². The molecular formula is C4H8NO2. The molecular weight excluding hydrogens is 94.0 g/mol. The summed E-state index contributed by atoms with van der Waals surface area (Å²) in [5.41, 5.74) is 0. The molecule has 0 bridgehead atoms. The molecule has 0 aromatic carbocycles. The lowest BCUT2D eigenvalue weighted by Crippen LogP contribution is -2.25. The molecule has 1 fully saturated rings. The van der Waals surface area contributed by atoms with Crippen molar-refractivity contribution in [1.82, 2.24) is 5.32 Å². The Bertz CT molecular complexity index is 51.7. The third-order valence-electron chi connectivity index (χ3n) is 0.905. The maximum absolute atomic E-state index is 8.40. The van der Waals surface area contributed by atoms with E-state index in [4.69, 9.17) is 9.84 Å². The van der Waals surface area contributed by atoms with E-state index in [2.05, 4.69) is 5.32 Å². The maximum Gasteiger partial charge on any atom is 0.148 e. The summed E-state index contributed by atoms with van der Waals surface area (Å²) in [6.45, 7) is 2.24. The standard InChI is InChI=1S/C4H8NO2/c6-1-4-2-7-3-5-4/h3-6H,1-2H2. The summed E-state index contributed by atoms with van der Waals surface area (Å²) in [6.07, 6.45) is 0. The van der Waals surface area contributed by atoms with Crippen LogP contribution in [-0.4, -0.2) is 24.4 Å². The second kappa shape index (κ2) is 2.26. The lowest BCUT2D eigenvalue weighted by Gasteiger charge is -1.98. The molecule has 0 aromatic heterocycles. The summed E-state index contributed by atoms with van der Waals surface area (Å²) in [5, 5.41) is 11.2. The fraction of sp³-hybridized carbons (Fsp3) is 0.750. The number of rotatable bonds is 1. The largest absolute Gasteiger partial charge is 0.395 e. The smallest absolute Gasteiger partial charge is 0.148 e. The zero-order valence-electron chi connectivity index (χ0n) is 3.92. The van der Waals surface area contributed by atoms with Crippen LogP contribution in [0.15, 0.2) is 0 Å². The Morgan fingerprint density at radius 1 is 2.00 bits per heavy atom. The molecule has 0 spiro atoms. The number of ether oxygens (including phenoxy) is 1. The Balaban J connectivity index is 2.14. The summed E-state index contributed by atoms with van der Waals surface area (Å²) in [6, 6.07) is 0.125. The van der Waals surface area contributed by atoms with Crippen molar-refractivity contribution in [1.29, 1.82) is 0 Å². The number of aliphatic hydroxyl groups is 1. The van der Waals surface area contributed by atoms with Crippen LogP contribution >= 0.6 is 0 Å². The van der Waals surface area contributed by atoms with E-state index in [1.54, 1.807) is 0 Å². The van der Waals surface area contributed by atoms with Gasteiger partial charge in [0.25, 0.3) is 0 Å². The van der Waals surface area contributed by atoms with E-state index in [1.165, 1.54) is 6.73 Å². The molecule has 41 valence electrons. The monoisotopic (exact) mass is 102 g/mol. The van der Waals surface area contributed by atoms with E-state index in [0.29, 0.717) is 6.61 Å². The molecule has 2 N–H and O–H groups in total. The Kier molecular flexibility index (Phi) is 1.62. The Hall–Kier alpha value is -0.120. The highest BCUT2D eigenvalue weighted by Gasteiger charge is 2.12. The minimum atomic E-state index is 0.125. The van der Waals surface area contributed by atoms with Gasteiger partial charge in [-0.05, 0) is 0 Å². The third kappa shape index (κ3) is 1.12. The summed E-state index contributed by atoms with van der Waals surface area (Å²) >= 11 is 0. The quantitative estimate of drug-likeness (QED) is 0.450. The van der Waals surface area contributed by atoms with Crippen LogP contribution in [0.5, 0.6) is 0 Å². The summed E-state index contributed by atoms with van der Waals surface area (Å²) in [7, 11) is 0. The van der Waals surface area contributed by atoms with E-state index >= 15 is 0 Å². The average molecular weight is 102 g/mol. The minimum Gasteiger partial charge on any atom is -0.395 e. The van der Waals surface area contributed by atoms with Gasteiger partial charge in [-0.2, -0.15) is 0 Å². The molecule has 0 aliphatic carbocycles. The molecule has 7 heavy (non-hydrogen) atoms. The molecule has 1 rings (SSSR count). The predicted octanol–water partition coefficient (Wildman–Crippen LogP) is -0.914. The van der Waals surface area contributed by atoms with Crippen molar-refractivity contribution >= 4 is 0 Å². The van der Waals surface area contributed by atoms with Gasteiger partial charge in [0.05, 0.1) is 19.3 Å². The molecule has 1 radical (unpaired) electrons. The topological polar surface area (TPSA) is 41.5 Å². The van der Waals surface area contributed by atoms with Crippen LogP contribution in [0.3, 0.4) is 0 Å². The Morgan fingerprint density at radius 3 is 3.14 bits per heavy atom. The average Bonchev–Trinajstić information content (AvgIpc) is 2.14. The lowest BCUT2D eigenvalue weighted by atomic mass is 10.4. The van der Waals surface area contributed by atoms with Crippen molar-refractivity contribution in [3.8, 4) is 0 Å². The van der Waals surface area contributed by atoms with Gasteiger partial charge in [-0.25, -0.2) is 0 Å². The van der Waals surface area contributed by atoms with Crippen LogP contribution in [0.25, 0.3) is 0 Å². The third-order valence-corrected chi connectivity index (χ3v) is 0.905. The first-order valence-electron chi connectivity index (χ1n) is 2.23. The molecule has 1 heterocycles. The number of nitrogens with one attached hydrogen (secondary N) is 1. The second-order valence-electron chi connectivity index (χ2n) is 1.50. The van der Waals surface area contributed by atoms with Crippen LogP contribution in [0, 0.1) is 6.73 Å². The van der Waals surface area contributed by atoms with Gasteiger partial charge in [0, 0.05) is 0 Å². The predicted molar refractivity (Wildman–Crippen MR) is 24.3 cm³/mol. The second-order valence-corrected chi connectivity index (χ2v) is 1.50. The molecule has 0 amide bonds. The van der Waals surface area contributed by atoms with Gasteiger partial charge in [0.2, 0.25) is 0 Å². The van der Waals surface area contributed by atoms with Gasteiger partial charge >= 0.3 is 0 Å². The van der Waals surface area contributed by atoms with Crippen molar-refractivity contribution in [3.05, 3.63) is 6.73 Å². The summed E-state index contributed by atoms with van der Waals surface area (Å²) in [5.74, 6) is 0. The molecule has 3 heteroatoms.